The van der Waals surface area contributed by atoms with Crippen LogP contribution in [-0.2, 0) is 4.79 Å². The van der Waals surface area contributed by atoms with Crippen LogP contribution in [0.3, 0.4) is 0 Å². The molecule has 6 heteroatoms. The van der Waals surface area contributed by atoms with Gasteiger partial charge in [0.25, 0.3) is 5.91 Å². The Labute approximate surface area is 193 Å². The molecule has 31 heavy (non-hydrogen) atoms. The van der Waals surface area contributed by atoms with Gasteiger partial charge in [-0.25, -0.2) is 4.39 Å². The smallest absolute Gasteiger partial charge is 0.262 e. The van der Waals surface area contributed by atoms with Gasteiger partial charge in [-0.15, -0.1) is 0 Å². The van der Waals surface area contributed by atoms with E-state index >= 15 is 0 Å². The van der Waals surface area contributed by atoms with Gasteiger partial charge in [0.2, 0.25) is 0 Å². The number of nitrogens with zero attached hydrogens (tertiary/aromatic N) is 1. The minimum atomic E-state index is -0.530. The van der Waals surface area contributed by atoms with E-state index in [9.17, 15) is 9.18 Å². The van der Waals surface area contributed by atoms with Crippen LogP contribution in [0.2, 0.25) is 5.02 Å². The summed E-state index contributed by atoms with van der Waals surface area (Å²) in [6, 6.07) is 19.5. The van der Waals surface area contributed by atoms with Crippen molar-refractivity contribution in [1.29, 1.82) is 0 Å². The maximum Gasteiger partial charge on any atom is 0.262 e. The fourth-order valence-corrected chi connectivity index (χ4v) is 4.06. The Hall–Kier alpha value is -2.89. The monoisotopic (exact) mass is 497 g/mol. The van der Waals surface area contributed by atoms with Crippen molar-refractivity contribution >= 4 is 50.9 Å². The molecule has 1 heterocycles. The van der Waals surface area contributed by atoms with E-state index in [-0.39, 0.29) is 10.9 Å². The zero-order chi connectivity index (χ0) is 22.0. The summed E-state index contributed by atoms with van der Waals surface area (Å²) in [5, 5.41) is -0.0365. The zero-order valence-corrected chi connectivity index (χ0v) is 19.0. The van der Waals surface area contributed by atoms with Gasteiger partial charge in [0.15, 0.2) is 0 Å². The van der Waals surface area contributed by atoms with Crippen molar-refractivity contribution in [2.45, 2.75) is 6.92 Å². The molecule has 3 aromatic carbocycles. The van der Waals surface area contributed by atoms with Gasteiger partial charge >= 0.3 is 0 Å². The molecule has 1 amide bonds. The molecule has 156 valence electrons. The Balaban J connectivity index is 1.78. The van der Waals surface area contributed by atoms with Crippen LogP contribution in [0.15, 0.2) is 82.9 Å². The average Bonchev–Trinajstić information content (AvgIpc) is 3.09. The van der Waals surface area contributed by atoms with Gasteiger partial charge in [0.05, 0.1) is 27.5 Å². The average molecular weight is 499 g/mol. The zero-order valence-electron chi connectivity index (χ0n) is 16.6. The van der Waals surface area contributed by atoms with Crippen molar-refractivity contribution in [3.63, 3.8) is 0 Å². The van der Waals surface area contributed by atoms with E-state index in [0.29, 0.717) is 23.6 Å². The molecule has 0 radical (unpaired) electrons. The second-order valence-electron chi connectivity index (χ2n) is 6.86. The lowest BCUT2D eigenvalue weighted by atomic mass is 10.1. The number of hydrogen-bond acceptors (Lipinski definition) is 2. The Kier molecular flexibility index (Phi) is 6.25. The predicted octanol–water partition coefficient (Wildman–Crippen LogP) is 7.11. The highest BCUT2D eigenvalue weighted by Crippen LogP contribution is 2.37. The summed E-state index contributed by atoms with van der Waals surface area (Å²) in [5.41, 5.74) is 3.43. The highest BCUT2D eigenvalue weighted by atomic mass is 79.9. The van der Waals surface area contributed by atoms with Gasteiger partial charge < -0.3 is 4.74 Å². The number of benzene rings is 3. The number of halogens is 3. The molecule has 4 rings (SSSR count). The fraction of sp³-hybridized carbons (Fsp3) is 0.0800. The molecule has 0 aromatic heterocycles. The third-order valence-electron chi connectivity index (χ3n) is 4.79. The van der Waals surface area contributed by atoms with Gasteiger partial charge in [-0.3, -0.25) is 9.69 Å². The van der Waals surface area contributed by atoms with E-state index in [2.05, 4.69) is 15.9 Å². The van der Waals surface area contributed by atoms with E-state index in [1.807, 2.05) is 67.6 Å². The van der Waals surface area contributed by atoms with Crippen LogP contribution in [0.4, 0.5) is 10.1 Å². The topological polar surface area (TPSA) is 29.5 Å². The molecule has 0 aliphatic carbocycles. The minimum Gasteiger partial charge on any atom is -0.493 e. The normalized spacial score (nSPS) is 14.8. The molecular weight excluding hydrogens is 481 g/mol. The molecule has 1 aliphatic heterocycles. The molecule has 0 unspecified atom stereocenters. The quantitative estimate of drug-likeness (QED) is 0.351. The van der Waals surface area contributed by atoms with Crippen molar-refractivity contribution in [3.8, 4) is 5.75 Å². The Morgan fingerprint density at radius 2 is 1.87 bits per heavy atom. The van der Waals surface area contributed by atoms with Crippen LogP contribution >= 0.6 is 27.5 Å². The Bertz CT molecular complexity index is 1210. The first kappa shape index (κ1) is 21.3. The molecule has 0 N–H and O–H groups in total. The van der Waals surface area contributed by atoms with E-state index in [1.54, 1.807) is 11.0 Å². The number of rotatable bonds is 5. The van der Waals surface area contributed by atoms with E-state index in [0.717, 1.165) is 21.3 Å². The number of carbonyl (C=O) groups excluding carboxylic acids is 1. The van der Waals surface area contributed by atoms with Crippen LogP contribution in [0, 0.1) is 5.82 Å². The molecule has 0 saturated heterocycles. The lowest BCUT2D eigenvalue weighted by Crippen LogP contribution is -2.25. The van der Waals surface area contributed by atoms with Gasteiger partial charge in [0, 0.05) is 5.57 Å². The number of hydrogen-bond donors (Lipinski definition) is 0. The van der Waals surface area contributed by atoms with Gasteiger partial charge in [-0.05, 0) is 76.5 Å². The van der Waals surface area contributed by atoms with Crippen LogP contribution in [0.1, 0.15) is 18.1 Å². The molecule has 3 nitrogen and oxygen atoms in total. The minimum absolute atomic E-state index is 0.0365. The van der Waals surface area contributed by atoms with Crippen molar-refractivity contribution in [3.05, 3.63) is 105 Å². The van der Waals surface area contributed by atoms with Crippen molar-refractivity contribution < 1.29 is 13.9 Å². The maximum atomic E-state index is 13.7. The largest absolute Gasteiger partial charge is 0.493 e. The summed E-state index contributed by atoms with van der Waals surface area (Å²) < 4.78 is 20.1. The first-order valence-corrected chi connectivity index (χ1v) is 10.9. The highest BCUT2D eigenvalue weighted by molar-refractivity contribution is 9.10. The predicted molar refractivity (Wildman–Crippen MR) is 127 cm³/mol. The summed E-state index contributed by atoms with van der Waals surface area (Å²) in [6.07, 6.45) is 3.65. The summed E-state index contributed by atoms with van der Waals surface area (Å²) in [4.78, 5) is 14.9. The molecule has 0 saturated carbocycles. The number of ether oxygens (including phenoxy) is 1. The molecular formula is C25H18BrClFNO2. The van der Waals surface area contributed by atoms with E-state index in [1.165, 1.54) is 12.1 Å². The van der Waals surface area contributed by atoms with Gasteiger partial charge in [-0.1, -0.05) is 48.0 Å². The standard InChI is InChI=1S/C25H18BrClFNO2/c1-2-31-24-11-8-16(13-20(24)26)12-18-14-23(17-6-4-3-5-7-17)29(25(18)30)19-9-10-22(28)21(27)15-19/h3-15H,2H2,1H3/b18-12+. The lowest BCUT2D eigenvalue weighted by Gasteiger charge is -2.21. The Morgan fingerprint density at radius 3 is 2.55 bits per heavy atom. The second-order valence-corrected chi connectivity index (χ2v) is 8.12. The van der Waals surface area contributed by atoms with Crippen molar-refractivity contribution in [2.75, 3.05) is 11.5 Å². The first-order chi connectivity index (χ1) is 15.0. The summed E-state index contributed by atoms with van der Waals surface area (Å²) >= 11 is 9.50. The summed E-state index contributed by atoms with van der Waals surface area (Å²) in [5.74, 6) is -0.00524. The number of amides is 1. The molecule has 1 aliphatic rings. The molecule has 0 atom stereocenters. The van der Waals surface area contributed by atoms with E-state index in [4.69, 9.17) is 16.3 Å². The van der Waals surface area contributed by atoms with E-state index < -0.39 is 5.82 Å². The number of anilines is 1. The van der Waals surface area contributed by atoms with Crippen LogP contribution < -0.4 is 9.64 Å². The van der Waals surface area contributed by atoms with Gasteiger partial charge in [0.1, 0.15) is 11.6 Å². The number of carbonyl (C=O) groups is 1. The van der Waals surface area contributed by atoms with Gasteiger partial charge in [-0.2, -0.15) is 0 Å². The molecule has 0 bridgehead atoms. The fourth-order valence-electron chi connectivity index (χ4n) is 3.38. The molecule has 3 aromatic rings. The third-order valence-corrected chi connectivity index (χ3v) is 5.70. The highest BCUT2D eigenvalue weighted by Gasteiger charge is 2.30. The van der Waals surface area contributed by atoms with Crippen LogP contribution in [0.5, 0.6) is 5.75 Å². The molecule has 0 fully saturated rings. The maximum absolute atomic E-state index is 13.7. The first-order valence-electron chi connectivity index (χ1n) is 9.68. The molecule has 0 spiro atoms. The third kappa shape index (κ3) is 4.43. The van der Waals surface area contributed by atoms with Crippen molar-refractivity contribution in [1.82, 2.24) is 0 Å². The Morgan fingerprint density at radius 1 is 1.10 bits per heavy atom. The second kappa shape index (κ2) is 9.08. The van der Waals surface area contributed by atoms with Crippen molar-refractivity contribution in [2.24, 2.45) is 0 Å². The van der Waals surface area contributed by atoms with Crippen LogP contribution in [0.25, 0.3) is 11.8 Å². The van der Waals surface area contributed by atoms with Crippen LogP contribution in [-0.4, -0.2) is 12.5 Å². The lowest BCUT2D eigenvalue weighted by molar-refractivity contribution is -0.113. The SMILES string of the molecule is CCOc1ccc(/C=C2\C=C(c3ccccc3)N(c3ccc(F)c(Cl)c3)C2=O)cc1Br. The summed E-state index contributed by atoms with van der Waals surface area (Å²) in [6.45, 7) is 2.49. The summed E-state index contributed by atoms with van der Waals surface area (Å²) in [7, 11) is 0.